The molecule has 0 aliphatic rings. The number of carbonyl (C=O) groups excluding carboxylic acids is 1. The van der Waals surface area contributed by atoms with Gasteiger partial charge in [-0.15, -0.1) is 0 Å². The molecule has 1 rings (SSSR count). The van der Waals surface area contributed by atoms with Crippen LogP contribution in [0.4, 0.5) is 13.2 Å². The van der Waals surface area contributed by atoms with Crippen molar-refractivity contribution in [2.24, 2.45) is 5.73 Å². The smallest absolute Gasteiger partial charge is 0.368 e. The Balaban J connectivity index is 2.87. The molecule has 0 fully saturated rings. The summed E-state index contributed by atoms with van der Waals surface area (Å²) in [6, 6.07) is -0.402. The Kier molecular flexibility index (Phi) is 4.24. The van der Waals surface area contributed by atoms with E-state index in [-0.39, 0.29) is 6.42 Å². The Hall–Kier alpha value is -1.57. The molecule has 0 aliphatic heterocycles. The van der Waals surface area contributed by atoms with Crippen molar-refractivity contribution in [3.8, 4) is 0 Å². The Morgan fingerprint density at radius 1 is 1.58 bits per heavy atom. The van der Waals surface area contributed by atoms with Gasteiger partial charge >= 0.3 is 6.18 Å². The minimum atomic E-state index is -4.42. The van der Waals surface area contributed by atoms with Gasteiger partial charge in [-0.1, -0.05) is 0 Å². The number of aromatic nitrogens is 2. The number of amides is 1. The summed E-state index contributed by atoms with van der Waals surface area (Å²) in [5.74, 6) is -0.565. The molecule has 19 heavy (non-hydrogen) atoms. The molecule has 5 nitrogen and oxygen atoms in total. The van der Waals surface area contributed by atoms with Gasteiger partial charge < -0.3 is 11.1 Å². The van der Waals surface area contributed by atoms with E-state index in [1.165, 1.54) is 4.68 Å². The fraction of sp³-hybridized carbons (Fsp3) is 0.636. The first-order valence-electron chi connectivity index (χ1n) is 5.70. The highest BCUT2D eigenvalue weighted by Gasteiger charge is 2.34. The molecule has 8 heteroatoms. The Morgan fingerprint density at radius 2 is 2.16 bits per heavy atom. The van der Waals surface area contributed by atoms with E-state index in [2.05, 4.69) is 10.4 Å². The van der Waals surface area contributed by atoms with Crippen LogP contribution in [0.15, 0.2) is 12.4 Å². The number of hydrogen-bond donors (Lipinski definition) is 2. The molecule has 0 saturated heterocycles. The Morgan fingerprint density at radius 3 is 2.53 bits per heavy atom. The number of likely N-dealkylation sites (N-methyl/N-ethyl adjacent to an activating group) is 1. The van der Waals surface area contributed by atoms with Crippen LogP contribution >= 0.6 is 0 Å². The summed E-state index contributed by atoms with van der Waals surface area (Å²) in [4.78, 5) is 11.3. The number of rotatable bonds is 5. The molecule has 1 amide bonds. The third-order valence-electron chi connectivity index (χ3n) is 3.18. The molecule has 2 atom stereocenters. The van der Waals surface area contributed by atoms with Crippen LogP contribution in [0.2, 0.25) is 0 Å². The molecule has 1 heterocycles. The minimum absolute atomic E-state index is 0.234. The number of nitrogens with one attached hydrogen (secondary N) is 1. The maximum atomic E-state index is 12.5. The van der Waals surface area contributed by atoms with Crippen LogP contribution in [0.1, 0.15) is 31.9 Å². The predicted octanol–water partition coefficient (Wildman–Crippen LogP) is 1.32. The molecule has 0 aromatic carbocycles. The van der Waals surface area contributed by atoms with Crippen molar-refractivity contribution in [2.45, 2.75) is 38.0 Å². The van der Waals surface area contributed by atoms with Crippen LogP contribution in [-0.4, -0.2) is 28.3 Å². The standard InChI is InChI=1S/C11H17F3N4O/c1-7(4-10(2,16-3)9(15)19)18-6-8(5-17-18)11(12,13)14/h5-7,16H,4H2,1-3H3,(H2,15,19). The van der Waals surface area contributed by atoms with Gasteiger partial charge in [0, 0.05) is 6.20 Å². The molecule has 108 valence electrons. The van der Waals surface area contributed by atoms with E-state index >= 15 is 0 Å². The third-order valence-corrected chi connectivity index (χ3v) is 3.18. The van der Waals surface area contributed by atoms with E-state index < -0.39 is 29.2 Å². The van der Waals surface area contributed by atoms with Crippen molar-refractivity contribution in [1.29, 1.82) is 0 Å². The average molecular weight is 278 g/mol. The number of hydrogen-bond acceptors (Lipinski definition) is 3. The molecule has 0 spiro atoms. The van der Waals surface area contributed by atoms with Crippen molar-refractivity contribution in [1.82, 2.24) is 15.1 Å². The second-order valence-corrected chi connectivity index (χ2v) is 4.71. The average Bonchev–Trinajstić information content (AvgIpc) is 2.77. The maximum Gasteiger partial charge on any atom is 0.419 e. The van der Waals surface area contributed by atoms with Gasteiger partial charge in [-0.3, -0.25) is 9.48 Å². The summed E-state index contributed by atoms with van der Waals surface area (Å²) in [5, 5.41) is 6.45. The van der Waals surface area contributed by atoms with Gasteiger partial charge in [-0.05, 0) is 27.3 Å². The van der Waals surface area contributed by atoms with E-state index in [1.54, 1.807) is 20.9 Å². The van der Waals surface area contributed by atoms with Crippen LogP contribution in [0, 0.1) is 0 Å². The molecule has 0 aliphatic carbocycles. The molecule has 0 radical (unpaired) electrons. The lowest BCUT2D eigenvalue weighted by molar-refractivity contribution is -0.137. The number of nitrogens with zero attached hydrogens (tertiary/aromatic N) is 2. The predicted molar refractivity (Wildman–Crippen MR) is 63.2 cm³/mol. The summed E-state index contributed by atoms with van der Waals surface area (Å²) < 4.78 is 38.6. The molecule has 1 aromatic heterocycles. The van der Waals surface area contributed by atoms with Crippen LogP contribution in [-0.2, 0) is 11.0 Å². The van der Waals surface area contributed by atoms with Crippen molar-refractivity contribution < 1.29 is 18.0 Å². The second kappa shape index (κ2) is 5.20. The van der Waals surface area contributed by atoms with Gasteiger partial charge in [0.15, 0.2) is 0 Å². The van der Waals surface area contributed by atoms with Gasteiger partial charge in [-0.25, -0.2) is 0 Å². The first-order valence-corrected chi connectivity index (χ1v) is 5.70. The summed E-state index contributed by atoms with van der Waals surface area (Å²) in [5.41, 5.74) is 3.46. The molecule has 2 unspecified atom stereocenters. The first kappa shape index (κ1) is 15.5. The molecular weight excluding hydrogens is 261 g/mol. The lowest BCUT2D eigenvalue weighted by Crippen LogP contribution is -2.52. The van der Waals surface area contributed by atoms with Crippen molar-refractivity contribution in [2.75, 3.05) is 7.05 Å². The topological polar surface area (TPSA) is 72.9 Å². The molecule has 0 bridgehead atoms. The van der Waals surface area contributed by atoms with E-state index in [0.717, 1.165) is 12.4 Å². The summed E-state index contributed by atoms with van der Waals surface area (Å²) in [6.45, 7) is 3.27. The SMILES string of the molecule is CNC(C)(CC(C)n1cc(C(F)(F)F)cn1)C(N)=O. The van der Waals surface area contributed by atoms with Gasteiger partial charge in [0.2, 0.25) is 5.91 Å². The zero-order valence-corrected chi connectivity index (χ0v) is 11.0. The van der Waals surface area contributed by atoms with E-state index in [4.69, 9.17) is 5.73 Å². The Bertz CT molecular complexity index is 457. The zero-order chi connectivity index (χ0) is 14.8. The summed E-state index contributed by atoms with van der Waals surface area (Å²) in [6.07, 6.45) is -2.51. The minimum Gasteiger partial charge on any atom is -0.368 e. The van der Waals surface area contributed by atoms with Crippen molar-refractivity contribution in [3.05, 3.63) is 18.0 Å². The fourth-order valence-corrected chi connectivity index (χ4v) is 1.74. The Labute approximate surface area is 109 Å². The van der Waals surface area contributed by atoms with Gasteiger partial charge in [0.1, 0.15) is 0 Å². The van der Waals surface area contributed by atoms with E-state index in [0.29, 0.717) is 0 Å². The van der Waals surface area contributed by atoms with Crippen LogP contribution in [0.25, 0.3) is 0 Å². The zero-order valence-electron chi connectivity index (χ0n) is 11.0. The quantitative estimate of drug-likeness (QED) is 0.853. The number of carbonyl (C=O) groups is 1. The van der Waals surface area contributed by atoms with Crippen LogP contribution < -0.4 is 11.1 Å². The van der Waals surface area contributed by atoms with Gasteiger partial charge in [0.05, 0.1) is 23.3 Å². The van der Waals surface area contributed by atoms with Crippen LogP contribution in [0.5, 0.6) is 0 Å². The molecular formula is C11H17F3N4O. The first-order chi connectivity index (χ1) is 8.60. The second-order valence-electron chi connectivity index (χ2n) is 4.71. The lowest BCUT2D eigenvalue weighted by atomic mass is 9.93. The highest BCUT2D eigenvalue weighted by atomic mass is 19.4. The fourth-order valence-electron chi connectivity index (χ4n) is 1.74. The van der Waals surface area contributed by atoms with Gasteiger partial charge in [-0.2, -0.15) is 18.3 Å². The maximum absolute atomic E-state index is 12.5. The largest absolute Gasteiger partial charge is 0.419 e. The van der Waals surface area contributed by atoms with Crippen molar-refractivity contribution >= 4 is 5.91 Å². The monoisotopic (exact) mass is 278 g/mol. The van der Waals surface area contributed by atoms with Gasteiger partial charge in [0.25, 0.3) is 0 Å². The normalized spacial score (nSPS) is 16.9. The van der Waals surface area contributed by atoms with E-state index in [1.807, 2.05) is 0 Å². The summed E-state index contributed by atoms with van der Waals surface area (Å²) >= 11 is 0. The van der Waals surface area contributed by atoms with E-state index in [9.17, 15) is 18.0 Å². The van der Waals surface area contributed by atoms with Crippen molar-refractivity contribution in [3.63, 3.8) is 0 Å². The summed E-state index contributed by atoms with van der Waals surface area (Å²) in [7, 11) is 1.57. The molecule has 1 aromatic rings. The number of halogens is 3. The molecule has 3 N–H and O–H groups in total. The highest BCUT2D eigenvalue weighted by Crippen LogP contribution is 2.30. The van der Waals surface area contributed by atoms with Crippen LogP contribution in [0.3, 0.4) is 0 Å². The lowest BCUT2D eigenvalue weighted by Gasteiger charge is -2.28. The molecule has 0 saturated carbocycles. The number of nitrogens with two attached hydrogens (primary N) is 1. The number of primary amides is 1. The number of alkyl halides is 3. The highest BCUT2D eigenvalue weighted by molar-refractivity contribution is 5.84. The third kappa shape index (κ3) is 3.46.